The van der Waals surface area contributed by atoms with Gasteiger partial charge in [-0.3, -0.25) is 0 Å². The van der Waals surface area contributed by atoms with Crippen molar-refractivity contribution in [1.82, 2.24) is 9.47 Å². The largest absolute Gasteiger partial charge is 0.497 e. The van der Waals surface area contributed by atoms with Crippen molar-refractivity contribution in [1.29, 1.82) is 0 Å². The Bertz CT molecular complexity index is 826. The first-order valence-electron chi connectivity index (χ1n) is 7.72. The van der Waals surface area contributed by atoms with Crippen molar-refractivity contribution in [3.8, 4) is 11.4 Å². The summed E-state index contributed by atoms with van der Waals surface area (Å²) in [6.45, 7) is 2.10. The molecule has 4 rings (SSSR count). The molecule has 0 aliphatic carbocycles. The molecule has 0 amide bonds. The molecule has 1 aliphatic heterocycles. The van der Waals surface area contributed by atoms with Crippen molar-refractivity contribution < 1.29 is 4.74 Å². The van der Waals surface area contributed by atoms with Crippen LogP contribution in [0, 0.1) is 0 Å². The smallest absolute Gasteiger partial charge is 0.119 e. The summed E-state index contributed by atoms with van der Waals surface area (Å²) in [5.41, 5.74) is 5.38. The highest BCUT2D eigenvalue weighted by molar-refractivity contribution is 5.89. The molecule has 0 saturated heterocycles. The van der Waals surface area contributed by atoms with Crippen LogP contribution in [0.1, 0.15) is 11.3 Å². The number of rotatable bonds is 2. The van der Waals surface area contributed by atoms with E-state index in [-0.39, 0.29) is 12.4 Å². The van der Waals surface area contributed by atoms with Crippen LogP contribution in [0.15, 0.2) is 48.5 Å². The average molecular weight is 329 g/mol. The Morgan fingerprint density at radius 3 is 2.57 bits per heavy atom. The molecular formula is C19H21ClN2O. The number of para-hydroxylation sites is 1. The first-order chi connectivity index (χ1) is 10.8. The normalized spacial score (nSPS) is 14.3. The molecule has 0 spiro atoms. The third-order valence-electron chi connectivity index (χ3n) is 4.56. The number of fused-ring (bicyclic) bond motifs is 3. The minimum atomic E-state index is 0. The maximum absolute atomic E-state index is 5.43. The summed E-state index contributed by atoms with van der Waals surface area (Å²) in [6.07, 6.45) is 1.08. The van der Waals surface area contributed by atoms with E-state index in [1.165, 1.54) is 27.8 Å². The van der Waals surface area contributed by atoms with Gasteiger partial charge in [0.15, 0.2) is 0 Å². The lowest BCUT2D eigenvalue weighted by Crippen LogP contribution is -2.27. The Labute approximate surface area is 142 Å². The molecule has 0 fully saturated rings. The number of halogens is 1. The van der Waals surface area contributed by atoms with Crippen LogP contribution in [0.5, 0.6) is 5.75 Å². The third kappa shape index (κ3) is 2.60. The minimum absolute atomic E-state index is 0. The van der Waals surface area contributed by atoms with Crippen LogP contribution < -0.4 is 4.74 Å². The number of nitrogens with zero attached hydrogens (tertiary/aromatic N) is 2. The van der Waals surface area contributed by atoms with Gasteiger partial charge in [0.05, 0.1) is 12.6 Å². The second-order valence-corrected chi connectivity index (χ2v) is 5.97. The predicted octanol–water partition coefficient (Wildman–Crippen LogP) is 4.05. The fourth-order valence-electron chi connectivity index (χ4n) is 3.47. The zero-order valence-corrected chi connectivity index (χ0v) is 14.3. The minimum Gasteiger partial charge on any atom is -0.497 e. The molecule has 2 aromatic carbocycles. The highest BCUT2D eigenvalue weighted by Gasteiger charge is 2.23. The lowest BCUT2D eigenvalue weighted by molar-refractivity contribution is 0.311. The fourth-order valence-corrected chi connectivity index (χ4v) is 3.47. The number of methoxy groups -OCH3 is 1. The van der Waals surface area contributed by atoms with E-state index in [4.69, 9.17) is 4.74 Å². The maximum atomic E-state index is 5.43. The Morgan fingerprint density at radius 1 is 1.04 bits per heavy atom. The molecule has 0 atom stereocenters. The van der Waals surface area contributed by atoms with Crippen molar-refractivity contribution in [3.05, 3.63) is 59.8 Å². The highest BCUT2D eigenvalue weighted by atomic mass is 35.5. The number of benzene rings is 2. The van der Waals surface area contributed by atoms with Crippen LogP contribution in [-0.4, -0.2) is 30.2 Å². The molecule has 0 bridgehead atoms. The molecule has 1 aliphatic rings. The van der Waals surface area contributed by atoms with Gasteiger partial charge in [-0.25, -0.2) is 0 Å². The second kappa shape index (κ2) is 6.26. The van der Waals surface area contributed by atoms with E-state index >= 15 is 0 Å². The van der Waals surface area contributed by atoms with E-state index in [0.29, 0.717) is 0 Å². The lowest BCUT2D eigenvalue weighted by atomic mass is 10.0. The van der Waals surface area contributed by atoms with Crippen LogP contribution in [-0.2, 0) is 13.0 Å². The van der Waals surface area contributed by atoms with E-state index in [9.17, 15) is 0 Å². The second-order valence-electron chi connectivity index (χ2n) is 5.97. The van der Waals surface area contributed by atoms with E-state index in [1.54, 1.807) is 7.11 Å². The molecule has 3 aromatic rings. The summed E-state index contributed by atoms with van der Waals surface area (Å²) in [4.78, 5) is 2.39. The van der Waals surface area contributed by atoms with Crippen molar-refractivity contribution in [3.63, 3.8) is 0 Å². The van der Waals surface area contributed by atoms with Gasteiger partial charge in [0, 0.05) is 36.3 Å². The van der Waals surface area contributed by atoms with Crippen LogP contribution in [0.3, 0.4) is 0 Å². The molecule has 4 heteroatoms. The number of likely N-dealkylation sites (N-methyl/N-ethyl adjacent to an activating group) is 1. The molecule has 3 nitrogen and oxygen atoms in total. The number of hydrogen-bond donors (Lipinski definition) is 0. The van der Waals surface area contributed by atoms with Crippen LogP contribution in [0.25, 0.3) is 16.6 Å². The van der Waals surface area contributed by atoms with Gasteiger partial charge in [0.2, 0.25) is 0 Å². The molecule has 0 unspecified atom stereocenters. The van der Waals surface area contributed by atoms with Crippen molar-refractivity contribution in [2.45, 2.75) is 13.0 Å². The molecule has 0 radical (unpaired) electrons. The van der Waals surface area contributed by atoms with Crippen LogP contribution in [0.4, 0.5) is 0 Å². The number of hydrogen-bond acceptors (Lipinski definition) is 2. The molecule has 23 heavy (non-hydrogen) atoms. The standard InChI is InChI=1S/C19H20N2O.ClH/c1-20-11-10-19-17(13-20)16-12-15(22-2)8-9-18(16)21(19)14-6-4-3-5-7-14;/h3-9,12H,10-11,13H2,1-2H3;1H. The Hall–Kier alpha value is -1.97. The van der Waals surface area contributed by atoms with E-state index < -0.39 is 0 Å². The van der Waals surface area contributed by atoms with Crippen LogP contribution >= 0.6 is 12.4 Å². The first kappa shape index (κ1) is 15.9. The van der Waals surface area contributed by atoms with Crippen molar-refractivity contribution in [2.24, 2.45) is 0 Å². The topological polar surface area (TPSA) is 17.4 Å². The highest BCUT2D eigenvalue weighted by Crippen LogP contribution is 2.35. The van der Waals surface area contributed by atoms with Gasteiger partial charge in [0.1, 0.15) is 5.75 Å². The summed E-state index contributed by atoms with van der Waals surface area (Å²) in [7, 11) is 3.92. The van der Waals surface area contributed by atoms with E-state index in [0.717, 1.165) is 25.3 Å². The average Bonchev–Trinajstić information content (AvgIpc) is 2.88. The Morgan fingerprint density at radius 2 is 1.83 bits per heavy atom. The van der Waals surface area contributed by atoms with Gasteiger partial charge in [-0.2, -0.15) is 0 Å². The summed E-state index contributed by atoms with van der Waals surface area (Å²) < 4.78 is 7.85. The number of ether oxygens (including phenoxy) is 1. The molecule has 2 heterocycles. The predicted molar refractivity (Wildman–Crippen MR) is 97.1 cm³/mol. The first-order valence-corrected chi connectivity index (χ1v) is 7.72. The molecule has 1 aromatic heterocycles. The molecular weight excluding hydrogens is 308 g/mol. The zero-order chi connectivity index (χ0) is 15.1. The van der Waals surface area contributed by atoms with Crippen molar-refractivity contribution >= 4 is 23.3 Å². The summed E-state index contributed by atoms with van der Waals surface area (Å²) >= 11 is 0. The quantitative estimate of drug-likeness (QED) is 0.706. The van der Waals surface area contributed by atoms with E-state index in [1.807, 2.05) is 0 Å². The van der Waals surface area contributed by atoms with Gasteiger partial charge in [-0.15, -0.1) is 12.4 Å². The van der Waals surface area contributed by atoms with Gasteiger partial charge in [-0.05, 0) is 42.9 Å². The summed E-state index contributed by atoms with van der Waals surface area (Å²) in [5, 5.41) is 1.31. The molecule has 0 saturated carbocycles. The Balaban J connectivity index is 0.00000156. The van der Waals surface area contributed by atoms with Gasteiger partial charge in [-0.1, -0.05) is 18.2 Å². The van der Waals surface area contributed by atoms with Crippen molar-refractivity contribution in [2.75, 3.05) is 20.7 Å². The Kier molecular flexibility index (Phi) is 4.33. The van der Waals surface area contributed by atoms with E-state index in [2.05, 4.69) is 65.0 Å². The molecule has 0 N–H and O–H groups in total. The molecule has 120 valence electrons. The van der Waals surface area contributed by atoms with Gasteiger partial charge < -0.3 is 14.2 Å². The zero-order valence-electron chi connectivity index (χ0n) is 13.5. The SMILES string of the molecule is COc1ccc2c(c1)c1c(n2-c2ccccc2)CCN(C)C1.Cl. The van der Waals surface area contributed by atoms with Gasteiger partial charge >= 0.3 is 0 Å². The fraction of sp³-hybridized carbons (Fsp3) is 0.263. The monoisotopic (exact) mass is 328 g/mol. The maximum Gasteiger partial charge on any atom is 0.119 e. The van der Waals surface area contributed by atoms with Crippen LogP contribution in [0.2, 0.25) is 0 Å². The summed E-state index contributed by atoms with van der Waals surface area (Å²) in [5.74, 6) is 0.925. The third-order valence-corrected chi connectivity index (χ3v) is 4.56. The van der Waals surface area contributed by atoms with Gasteiger partial charge in [0.25, 0.3) is 0 Å². The number of aromatic nitrogens is 1. The summed E-state index contributed by atoms with van der Waals surface area (Å²) in [6, 6.07) is 17.0. The lowest BCUT2D eigenvalue weighted by Gasteiger charge is -2.24.